The third-order valence-electron chi connectivity index (χ3n) is 3.60. The van der Waals surface area contributed by atoms with E-state index >= 15 is 0 Å². The molecule has 5 nitrogen and oxygen atoms in total. The molecule has 138 valence electrons. The Kier molecular flexibility index (Phi) is 6.71. The summed E-state index contributed by atoms with van der Waals surface area (Å²) in [5.74, 6) is 0.814. The molecule has 0 bridgehead atoms. The van der Waals surface area contributed by atoms with E-state index in [-0.39, 0.29) is 11.7 Å². The summed E-state index contributed by atoms with van der Waals surface area (Å²) in [5.41, 5.74) is 1.63. The molecule has 8 heteroatoms. The first kappa shape index (κ1) is 19.7. The molecule has 0 aliphatic heterocycles. The Hall–Kier alpha value is -2.09. The first-order valence-corrected chi connectivity index (χ1v) is 10.2. The summed E-state index contributed by atoms with van der Waals surface area (Å²) in [6.07, 6.45) is 1.78. The first-order valence-electron chi connectivity index (χ1n) is 8.05. The lowest BCUT2D eigenvalue weighted by Crippen LogP contribution is -2.14. The van der Waals surface area contributed by atoms with Gasteiger partial charge in [-0.15, -0.1) is 16.8 Å². The van der Waals surface area contributed by atoms with Crippen molar-refractivity contribution in [1.82, 2.24) is 14.8 Å². The monoisotopic (exact) mass is 462 g/mol. The number of benzene rings is 2. The number of carbonyl (C=O) groups excluding carboxylic acids is 1. The van der Waals surface area contributed by atoms with Crippen molar-refractivity contribution in [2.45, 2.75) is 11.7 Å². The number of halogens is 2. The standard InChI is InChI=1S/C19H16BrClN4OS/c1-2-11-25-18(15-5-3-4-6-16(15)20)23-24-19(25)27-12-17(26)22-14-9-7-13(21)8-10-14/h2-10H,1,11-12H2,(H,22,26). The average molecular weight is 464 g/mol. The average Bonchev–Trinajstić information content (AvgIpc) is 3.05. The summed E-state index contributed by atoms with van der Waals surface area (Å²) in [6, 6.07) is 14.8. The molecule has 27 heavy (non-hydrogen) atoms. The van der Waals surface area contributed by atoms with Gasteiger partial charge in [-0.1, -0.05) is 63.6 Å². The van der Waals surface area contributed by atoms with Crippen LogP contribution in [0.1, 0.15) is 0 Å². The number of amides is 1. The van der Waals surface area contributed by atoms with Gasteiger partial charge in [0.2, 0.25) is 5.91 Å². The highest BCUT2D eigenvalue weighted by atomic mass is 79.9. The van der Waals surface area contributed by atoms with Gasteiger partial charge in [-0.2, -0.15) is 0 Å². The van der Waals surface area contributed by atoms with Gasteiger partial charge in [0.1, 0.15) is 0 Å². The summed E-state index contributed by atoms with van der Waals surface area (Å²) in [4.78, 5) is 12.2. The van der Waals surface area contributed by atoms with E-state index in [4.69, 9.17) is 11.6 Å². The number of hydrogen-bond donors (Lipinski definition) is 1. The molecule has 0 saturated carbocycles. The van der Waals surface area contributed by atoms with Gasteiger partial charge in [0, 0.05) is 27.3 Å². The number of nitrogens with one attached hydrogen (secondary N) is 1. The van der Waals surface area contributed by atoms with Crippen LogP contribution in [0.5, 0.6) is 0 Å². The Labute approximate surface area is 175 Å². The van der Waals surface area contributed by atoms with Crippen molar-refractivity contribution in [3.63, 3.8) is 0 Å². The van der Waals surface area contributed by atoms with E-state index in [1.807, 2.05) is 28.8 Å². The summed E-state index contributed by atoms with van der Waals surface area (Å²) in [6.45, 7) is 4.35. The molecule has 1 aromatic heterocycles. The predicted octanol–water partition coefficient (Wildman–Crippen LogP) is 5.28. The van der Waals surface area contributed by atoms with Crippen molar-refractivity contribution in [2.24, 2.45) is 0 Å². The zero-order valence-corrected chi connectivity index (χ0v) is 17.4. The summed E-state index contributed by atoms with van der Waals surface area (Å²) < 4.78 is 2.87. The van der Waals surface area contributed by atoms with E-state index in [0.717, 1.165) is 15.9 Å². The lowest BCUT2D eigenvalue weighted by atomic mass is 10.2. The van der Waals surface area contributed by atoms with Crippen LogP contribution in [0.25, 0.3) is 11.4 Å². The van der Waals surface area contributed by atoms with Crippen molar-refractivity contribution < 1.29 is 4.79 Å². The second-order valence-corrected chi connectivity index (χ2v) is 7.76. The molecule has 2 aromatic carbocycles. The number of hydrogen-bond acceptors (Lipinski definition) is 4. The number of thioether (sulfide) groups is 1. The molecular formula is C19H16BrClN4OS. The molecule has 0 spiro atoms. The lowest BCUT2D eigenvalue weighted by molar-refractivity contribution is -0.113. The molecule has 0 atom stereocenters. The highest BCUT2D eigenvalue weighted by Gasteiger charge is 2.16. The van der Waals surface area contributed by atoms with Crippen LogP contribution in [0.3, 0.4) is 0 Å². The lowest BCUT2D eigenvalue weighted by Gasteiger charge is -2.09. The second-order valence-electron chi connectivity index (χ2n) is 5.53. The van der Waals surface area contributed by atoms with Crippen molar-refractivity contribution in [1.29, 1.82) is 0 Å². The quantitative estimate of drug-likeness (QED) is 0.383. The number of allylic oxidation sites excluding steroid dienone is 1. The van der Waals surface area contributed by atoms with Gasteiger partial charge in [-0.3, -0.25) is 9.36 Å². The minimum Gasteiger partial charge on any atom is -0.325 e. The highest BCUT2D eigenvalue weighted by molar-refractivity contribution is 9.10. The number of rotatable bonds is 7. The molecular weight excluding hydrogens is 448 g/mol. The molecule has 1 N–H and O–H groups in total. The Balaban J connectivity index is 1.73. The molecule has 1 heterocycles. The molecule has 3 rings (SSSR count). The van der Waals surface area contributed by atoms with E-state index in [1.54, 1.807) is 30.3 Å². The van der Waals surface area contributed by atoms with Gasteiger partial charge in [-0.05, 0) is 30.3 Å². The Morgan fingerprint density at radius 1 is 1.22 bits per heavy atom. The van der Waals surface area contributed by atoms with Gasteiger partial charge in [0.25, 0.3) is 0 Å². The van der Waals surface area contributed by atoms with Crippen molar-refractivity contribution in [3.8, 4) is 11.4 Å². The van der Waals surface area contributed by atoms with Crippen LogP contribution in [-0.4, -0.2) is 26.4 Å². The summed E-state index contributed by atoms with van der Waals surface area (Å²) in [7, 11) is 0. The van der Waals surface area contributed by atoms with Gasteiger partial charge in [0.15, 0.2) is 11.0 Å². The fourth-order valence-electron chi connectivity index (χ4n) is 2.39. The number of carbonyl (C=O) groups is 1. The Morgan fingerprint density at radius 3 is 2.67 bits per heavy atom. The predicted molar refractivity (Wildman–Crippen MR) is 114 cm³/mol. The van der Waals surface area contributed by atoms with Crippen LogP contribution in [0, 0.1) is 0 Å². The first-order chi connectivity index (χ1) is 13.1. The van der Waals surface area contributed by atoms with E-state index in [1.165, 1.54) is 11.8 Å². The van der Waals surface area contributed by atoms with E-state index < -0.39 is 0 Å². The summed E-state index contributed by atoms with van der Waals surface area (Å²) in [5, 5.41) is 12.7. The van der Waals surface area contributed by atoms with Crippen molar-refractivity contribution in [2.75, 3.05) is 11.1 Å². The largest absolute Gasteiger partial charge is 0.325 e. The molecule has 0 fully saturated rings. The van der Waals surface area contributed by atoms with E-state index in [9.17, 15) is 4.79 Å². The molecule has 0 aliphatic carbocycles. The smallest absolute Gasteiger partial charge is 0.234 e. The minimum atomic E-state index is -0.127. The zero-order chi connectivity index (χ0) is 19.2. The van der Waals surface area contributed by atoms with Crippen LogP contribution in [0.2, 0.25) is 5.02 Å². The minimum absolute atomic E-state index is 0.127. The number of nitrogens with zero attached hydrogens (tertiary/aromatic N) is 3. The van der Waals surface area contributed by atoms with E-state index in [2.05, 4.69) is 38.0 Å². The normalized spacial score (nSPS) is 10.6. The molecule has 1 amide bonds. The Bertz CT molecular complexity index is 959. The highest BCUT2D eigenvalue weighted by Crippen LogP contribution is 2.29. The second kappa shape index (κ2) is 9.21. The van der Waals surface area contributed by atoms with Gasteiger partial charge in [-0.25, -0.2) is 0 Å². The number of aromatic nitrogens is 3. The van der Waals surface area contributed by atoms with Gasteiger partial charge >= 0.3 is 0 Å². The van der Waals surface area contributed by atoms with Crippen LogP contribution in [-0.2, 0) is 11.3 Å². The van der Waals surface area contributed by atoms with Crippen LogP contribution < -0.4 is 5.32 Å². The molecule has 0 saturated heterocycles. The fourth-order valence-corrected chi connectivity index (χ4v) is 3.73. The van der Waals surface area contributed by atoms with Crippen LogP contribution >= 0.6 is 39.3 Å². The maximum absolute atomic E-state index is 12.2. The molecule has 0 unspecified atom stereocenters. The zero-order valence-electron chi connectivity index (χ0n) is 14.2. The third kappa shape index (κ3) is 5.00. The van der Waals surface area contributed by atoms with Crippen LogP contribution in [0.4, 0.5) is 5.69 Å². The van der Waals surface area contributed by atoms with Crippen molar-refractivity contribution >= 4 is 50.9 Å². The van der Waals surface area contributed by atoms with Crippen LogP contribution in [0.15, 0.2) is 70.8 Å². The topological polar surface area (TPSA) is 59.8 Å². The van der Waals surface area contributed by atoms with Gasteiger partial charge in [0.05, 0.1) is 5.75 Å². The van der Waals surface area contributed by atoms with Gasteiger partial charge < -0.3 is 5.32 Å². The SMILES string of the molecule is C=CCn1c(SCC(=O)Nc2ccc(Cl)cc2)nnc1-c1ccccc1Br. The van der Waals surface area contributed by atoms with E-state index in [0.29, 0.717) is 22.4 Å². The molecule has 0 radical (unpaired) electrons. The maximum Gasteiger partial charge on any atom is 0.234 e. The van der Waals surface area contributed by atoms with Crippen molar-refractivity contribution in [3.05, 3.63) is 70.7 Å². The summed E-state index contributed by atoms with van der Waals surface area (Å²) >= 11 is 10.7. The number of anilines is 1. The Morgan fingerprint density at radius 2 is 1.96 bits per heavy atom. The molecule has 3 aromatic rings. The fraction of sp³-hybridized carbons (Fsp3) is 0.105. The maximum atomic E-state index is 12.2. The third-order valence-corrected chi connectivity index (χ3v) is 5.51. The molecule has 0 aliphatic rings.